The predicted molar refractivity (Wildman–Crippen MR) is 87.6 cm³/mol. The molecule has 0 aliphatic carbocycles. The fraction of sp³-hybridized carbons (Fsp3) is 0.267. The molecule has 0 spiro atoms. The van der Waals surface area contributed by atoms with Gasteiger partial charge in [0.05, 0.1) is 17.5 Å². The molecule has 0 atom stereocenters. The summed E-state index contributed by atoms with van der Waals surface area (Å²) in [4.78, 5) is 12.6. The maximum Gasteiger partial charge on any atom is 0.263 e. The van der Waals surface area contributed by atoms with E-state index in [1.165, 1.54) is 0 Å². The minimum atomic E-state index is -0.0798. The van der Waals surface area contributed by atoms with Gasteiger partial charge in [0, 0.05) is 19.4 Å². The Hall–Kier alpha value is -2.12. The molecule has 6 nitrogen and oxygen atoms in total. The van der Waals surface area contributed by atoms with Crippen molar-refractivity contribution in [2.45, 2.75) is 11.7 Å². The third-order valence-electron chi connectivity index (χ3n) is 3.31. The Morgan fingerprint density at radius 1 is 1.36 bits per heavy atom. The molecule has 0 radical (unpaired) electrons. The van der Waals surface area contributed by atoms with Gasteiger partial charge >= 0.3 is 0 Å². The molecular weight excluding hydrogens is 300 g/mol. The maximum absolute atomic E-state index is 12.6. The van der Waals surface area contributed by atoms with Crippen molar-refractivity contribution in [1.82, 2.24) is 19.2 Å². The molecule has 0 aliphatic heterocycles. The number of aromatic nitrogens is 4. The molecule has 0 unspecified atom stereocenters. The van der Waals surface area contributed by atoms with Crippen molar-refractivity contribution in [2.75, 3.05) is 19.5 Å². The fourth-order valence-electron chi connectivity index (χ4n) is 2.34. The highest BCUT2D eigenvalue weighted by molar-refractivity contribution is 7.99. The maximum atomic E-state index is 12.6. The number of hydrogen-bond acceptors (Lipinski definition) is 5. The zero-order valence-electron chi connectivity index (χ0n) is 12.2. The van der Waals surface area contributed by atoms with Gasteiger partial charge in [0.2, 0.25) is 5.78 Å². The first kappa shape index (κ1) is 14.8. The van der Waals surface area contributed by atoms with Crippen molar-refractivity contribution in [3.63, 3.8) is 0 Å². The monoisotopic (exact) mass is 316 g/mol. The topological polar surface area (TPSA) is 61.4 Å². The largest absolute Gasteiger partial charge is 0.384 e. The number of para-hydroxylation sites is 1. The van der Waals surface area contributed by atoms with Crippen LogP contribution in [0.25, 0.3) is 16.7 Å². The molecule has 1 aromatic carbocycles. The molecule has 3 aromatic rings. The number of thioether (sulfide) groups is 1. The molecule has 0 saturated carbocycles. The van der Waals surface area contributed by atoms with Gasteiger partial charge in [0.15, 0.2) is 5.16 Å². The summed E-state index contributed by atoms with van der Waals surface area (Å²) in [5.74, 6) is 1.30. The van der Waals surface area contributed by atoms with Crippen LogP contribution in [0.3, 0.4) is 0 Å². The van der Waals surface area contributed by atoms with Crippen LogP contribution in [0.4, 0.5) is 0 Å². The lowest BCUT2D eigenvalue weighted by molar-refractivity contribution is 0.218. The predicted octanol–water partition coefficient (Wildman–Crippen LogP) is 1.97. The van der Waals surface area contributed by atoms with E-state index in [1.807, 2.05) is 28.7 Å². The van der Waals surface area contributed by atoms with E-state index in [0.29, 0.717) is 24.3 Å². The van der Waals surface area contributed by atoms with Crippen molar-refractivity contribution in [3.8, 4) is 0 Å². The zero-order valence-corrected chi connectivity index (χ0v) is 13.0. The van der Waals surface area contributed by atoms with Gasteiger partial charge in [-0.25, -0.2) is 0 Å². The van der Waals surface area contributed by atoms with E-state index in [2.05, 4.69) is 16.8 Å². The van der Waals surface area contributed by atoms with Crippen LogP contribution in [-0.2, 0) is 11.3 Å². The standard InChI is InChI=1S/C15H16N4O2S/c1-3-8-18-13(20)11-6-4-5-7-12(11)19-14(18)16-17-15(19)22-10-9-21-2/h3-7H,1,8-10H2,2H3. The molecule has 0 amide bonds. The van der Waals surface area contributed by atoms with Crippen molar-refractivity contribution in [1.29, 1.82) is 0 Å². The Kier molecular flexibility index (Phi) is 4.26. The minimum Gasteiger partial charge on any atom is -0.384 e. The van der Waals surface area contributed by atoms with E-state index in [1.54, 1.807) is 29.5 Å². The summed E-state index contributed by atoms with van der Waals surface area (Å²) in [5, 5.41) is 9.82. The summed E-state index contributed by atoms with van der Waals surface area (Å²) in [6.07, 6.45) is 1.68. The third kappa shape index (κ3) is 2.42. The summed E-state index contributed by atoms with van der Waals surface area (Å²) < 4.78 is 8.58. The second kappa shape index (κ2) is 6.33. The average Bonchev–Trinajstić information content (AvgIpc) is 2.96. The highest BCUT2D eigenvalue weighted by Gasteiger charge is 2.15. The van der Waals surface area contributed by atoms with E-state index in [9.17, 15) is 4.79 Å². The quantitative estimate of drug-likeness (QED) is 0.395. The minimum absolute atomic E-state index is 0.0798. The fourth-order valence-corrected chi connectivity index (χ4v) is 3.18. The van der Waals surface area contributed by atoms with Gasteiger partial charge in [0.1, 0.15) is 0 Å². The SMILES string of the molecule is C=CCn1c(=O)c2ccccc2n2c(SCCOC)nnc12. The summed E-state index contributed by atoms with van der Waals surface area (Å²) in [6.45, 7) is 4.74. The van der Waals surface area contributed by atoms with Crippen molar-refractivity contribution in [3.05, 3.63) is 47.3 Å². The number of rotatable bonds is 6. The second-order valence-corrected chi connectivity index (χ2v) is 5.74. The first-order chi connectivity index (χ1) is 10.8. The highest BCUT2D eigenvalue weighted by Crippen LogP contribution is 2.21. The van der Waals surface area contributed by atoms with E-state index >= 15 is 0 Å². The molecule has 7 heteroatoms. The molecule has 2 aromatic heterocycles. The summed E-state index contributed by atoms with van der Waals surface area (Å²) >= 11 is 1.55. The Balaban J connectivity index is 2.29. The zero-order chi connectivity index (χ0) is 15.5. The van der Waals surface area contributed by atoms with Crippen LogP contribution in [0.15, 0.2) is 46.9 Å². The average molecular weight is 316 g/mol. The second-order valence-electron chi connectivity index (χ2n) is 4.68. The van der Waals surface area contributed by atoms with Crippen LogP contribution in [0, 0.1) is 0 Å². The Morgan fingerprint density at radius 2 is 2.18 bits per heavy atom. The van der Waals surface area contributed by atoms with Crippen LogP contribution in [0.1, 0.15) is 0 Å². The lowest BCUT2D eigenvalue weighted by atomic mass is 10.2. The van der Waals surface area contributed by atoms with Crippen molar-refractivity contribution >= 4 is 28.4 Å². The number of benzene rings is 1. The van der Waals surface area contributed by atoms with Gasteiger partial charge in [-0.05, 0) is 12.1 Å². The van der Waals surface area contributed by atoms with Gasteiger partial charge in [0.25, 0.3) is 5.56 Å². The first-order valence-electron chi connectivity index (χ1n) is 6.87. The molecule has 3 rings (SSSR count). The molecular formula is C15H16N4O2S. The number of allylic oxidation sites excluding steroid dienone is 1. The van der Waals surface area contributed by atoms with Crippen molar-refractivity contribution < 1.29 is 4.74 Å². The summed E-state index contributed by atoms with van der Waals surface area (Å²) in [7, 11) is 1.67. The van der Waals surface area contributed by atoms with Gasteiger partial charge in [-0.1, -0.05) is 30.0 Å². The van der Waals surface area contributed by atoms with Crippen LogP contribution >= 0.6 is 11.8 Å². The number of fused-ring (bicyclic) bond motifs is 3. The Bertz CT molecular complexity index is 884. The molecule has 22 heavy (non-hydrogen) atoms. The Morgan fingerprint density at radius 3 is 2.95 bits per heavy atom. The van der Waals surface area contributed by atoms with E-state index in [-0.39, 0.29) is 5.56 Å². The van der Waals surface area contributed by atoms with Gasteiger partial charge in [-0.3, -0.25) is 13.8 Å². The van der Waals surface area contributed by atoms with E-state index < -0.39 is 0 Å². The highest BCUT2D eigenvalue weighted by atomic mass is 32.2. The van der Waals surface area contributed by atoms with Crippen LogP contribution in [0.5, 0.6) is 0 Å². The summed E-state index contributed by atoms with van der Waals surface area (Å²) in [5.41, 5.74) is 0.733. The number of methoxy groups -OCH3 is 1. The number of nitrogens with zero attached hydrogens (tertiary/aromatic N) is 4. The molecule has 0 fully saturated rings. The molecule has 2 heterocycles. The third-order valence-corrected chi connectivity index (χ3v) is 4.20. The first-order valence-corrected chi connectivity index (χ1v) is 7.85. The lowest BCUT2D eigenvalue weighted by Crippen LogP contribution is -2.22. The van der Waals surface area contributed by atoms with Crippen molar-refractivity contribution in [2.24, 2.45) is 0 Å². The van der Waals surface area contributed by atoms with E-state index in [0.717, 1.165) is 16.4 Å². The normalized spacial score (nSPS) is 11.3. The molecule has 0 saturated heterocycles. The number of ether oxygens (including phenoxy) is 1. The molecule has 114 valence electrons. The number of hydrogen-bond donors (Lipinski definition) is 0. The van der Waals surface area contributed by atoms with Crippen LogP contribution in [-0.4, -0.2) is 38.6 Å². The van der Waals surface area contributed by atoms with Gasteiger partial charge < -0.3 is 4.74 Å². The Labute approximate surface area is 131 Å². The van der Waals surface area contributed by atoms with Crippen LogP contribution in [0.2, 0.25) is 0 Å². The van der Waals surface area contributed by atoms with Crippen LogP contribution < -0.4 is 5.56 Å². The molecule has 0 N–H and O–H groups in total. The lowest BCUT2D eigenvalue weighted by Gasteiger charge is -2.09. The summed E-state index contributed by atoms with van der Waals surface area (Å²) in [6, 6.07) is 7.49. The molecule has 0 bridgehead atoms. The van der Waals surface area contributed by atoms with Gasteiger partial charge in [-0.2, -0.15) is 0 Å². The van der Waals surface area contributed by atoms with Gasteiger partial charge in [-0.15, -0.1) is 16.8 Å². The smallest absolute Gasteiger partial charge is 0.263 e. The molecule has 0 aliphatic rings. The van der Waals surface area contributed by atoms with E-state index in [4.69, 9.17) is 4.74 Å².